The highest BCUT2D eigenvalue weighted by molar-refractivity contribution is 6.17. The van der Waals surface area contributed by atoms with E-state index in [9.17, 15) is 10.1 Å². The number of anilines is 2. The molecule has 0 radical (unpaired) electrons. The van der Waals surface area contributed by atoms with E-state index in [0.29, 0.717) is 69.8 Å². The number of rotatable bonds is 13. The van der Waals surface area contributed by atoms with E-state index in [1.807, 2.05) is 24.3 Å². The van der Waals surface area contributed by atoms with E-state index in [1.54, 1.807) is 43.5 Å². The van der Waals surface area contributed by atoms with Gasteiger partial charge in [0.15, 0.2) is 23.0 Å². The van der Waals surface area contributed by atoms with Gasteiger partial charge in [0, 0.05) is 29.2 Å². The number of alkyl halides is 1. The molecule has 0 aliphatic rings. The third kappa shape index (κ3) is 7.00. The highest BCUT2D eigenvalue weighted by Crippen LogP contribution is 2.38. The Bertz CT molecular complexity index is 1490. The van der Waals surface area contributed by atoms with E-state index >= 15 is 0 Å². The number of fused-ring (bicyclic) bond motifs is 1. The van der Waals surface area contributed by atoms with Gasteiger partial charge in [-0.2, -0.15) is 5.26 Å². The number of nitrogens with zero attached hydrogens (tertiary/aromatic N) is 2. The van der Waals surface area contributed by atoms with Crippen LogP contribution in [0.1, 0.15) is 18.4 Å². The monoisotopic (exact) mass is 546 g/mol. The molecular formula is C29H27ClN4O5. The molecule has 3 aromatic carbocycles. The summed E-state index contributed by atoms with van der Waals surface area (Å²) >= 11 is 5.76. The van der Waals surface area contributed by atoms with Crippen molar-refractivity contribution in [1.29, 1.82) is 5.26 Å². The zero-order valence-electron chi connectivity index (χ0n) is 21.3. The van der Waals surface area contributed by atoms with Gasteiger partial charge in [-0.25, -0.2) is 0 Å². The minimum atomic E-state index is -0.437. The number of nitrogens with two attached hydrogens (primary N) is 1. The van der Waals surface area contributed by atoms with Gasteiger partial charge in [-0.15, -0.1) is 11.6 Å². The molecule has 1 aromatic heterocycles. The SMILES string of the molecule is COc1cc2c(Nc3ccc(Oc4ccccc4OCCC(N)=O)cc3)c(C#N)cnc2cc1OCCCCl. The summed E-state index contributed by atoms with van der Waals surface area (Å²) in [7, 11) is 1.56. The minimum Gasteiger partial charge on any atom is -0.493 e. The number of hydrogen-bond acceptors (Lipinski definition) is 8. The van der Waals surface area contributed by atoms with Crippen molar-refractivity contribution in [2.75, 3.05) is 31.5 Å². The molecule has 10 heteroatoms. The van der Waals surface area contributed by atoms with Crippen LogP contribution >= 0.6 is 11.6 Å². The van der Waals surface area contributed by atoms with Crippen LogP contribution in [0.2, 0.25) is 0 Å². The smallest absolute Gasteiger partial charge is 0.220 e. The van der Waals surface area contributed by atoms with Gasteiger partial charge in [0.25, 0.3) is 0 Å². The van der Waals surface area contributed by atoms with Crippen molar-refractivity contribution >= 4 is 39.8 Å². The summed E-state index contributed by atoms with van der Waals surface area (Å²) in [6.45, 7) is 0.608. The number of nitrogens with one attached hydrogen (secondary N) is 1. The van der Waals surface area contributed by atoms with Crippen molar-refractivity contribution < 1.29 is 23.7 Å². The number of methoxy groups -OCH3 is 1. The topological polar surface area (TPSA) is 129 Å². The van der Waals surface area contributed by atoms with Gasteiger partial charge in [0.2, 0.25) is 5.91 Å². The molecule has 1 heterocycles. The third-order valence-electron chi connectivity index (χ3n) is 5.62. The maximum absolute atomic E-state index is 11.0. The van der Waals surface area contributed by atoms with Crippen LogP contribution in [0.25, 0.3) is 10.9 Å². The maximum atomic E-state index is 11.0. The summed E-state index contributed by atoms with van der Waals surface area (Å²) in [4.78, 5) is 15.4. The van der Waals surface area contributed by atoms with E-state index < -0.39 is 5.91 Å². The number of carbonyl (C=O) groups is 1. The third-order valence-corrected chi connectivity index (χ3v) is 5.88. The van der Waals surface area contributed by atoms with Gasteiger partial charge in [0.1, 0.15) is 11.8 Å². The van der Waals surface area contributed by atoms with E-state index in [1.165, 1.54) is 6.20 Å². The molecule has 0 spiro atoms. The van der Waals surface area contributed by atoms with Gasteiger partial charge in [-0.05, 0) is 48.9 Å². The first-order chi connectivity index (χ1) is 19.0. The zero-order chi connectivity index (χ0) is 27.6. The van der Waals surface area contributed by atoms with Gasteiger partial charge in [-0.1, -0.05) is 12.1 Å². The number of ether oxygens (including phenoxy) is 4. The Morgan fingerprint density at radius 2 is 1.77 bits per heavy atom. The first-order valence-corrected chi connectivity index (χ1v) is 12.7. The number of halogens is 1. The van der Waals surface area contributed by atoms with Gasteiger partial charge in [0.05, 0.1) is 43.5 Å². The van der Waals surface area contributed by atoms with Crippen molar-refractivity contribution in [1.82, 2.24) is 4.98 Å². The zero-order valence-corrected chi connectivity index (χ0v) is 22.0. The molecule has 4 aromatic rings. The standard InChI is InChI=1S/C29H27ClN4O5/c1-36-26-15-22-23(16-27(26)37-13-4-12-30)33-18-19(17-31)29(22)34-20-7-9-21(10-8-20)39-25-6-3-2-5-24(25)38-14-11-28(32)35/h2-3,5-10,15-16,18H,4,11-14H2,1H3,(H2,32,35)(H,33,34). The fourth-order valence-corrected chi connectivity index (χ4v) is 3.83. The first kappa shape index (κ1) is 27.4. The highest BCUT2D eigenvalue weighted by atomic mass is 35.5. The van der Waals surface area contributed by atoms with E-state index in [2.05, 4.69) is 16.4 Å². The molecule has 0 saturated heterocycles. The molecule has 0 fully saturated rings. The van der Waals surface area contributed by atoms with Crippen LogP contribution in [-0.4, -0.2) is 37.1 Å². The van der Waals surface area contributed by atoms with Crippen LogP contribution in [0.5, 0.6) is 28.7 Å². The molecule has 4 rings (SSSR count). The predicted molar refractivity (Wildman–Crippen MR) is 149 cm³/mol. The first-order valence-electron chi connectivity index (χ1n) is 12.2. The number of pyridine rings is 1. The number of amides is 1. The summed E-state index contributed by atoms with van der Waals surface area (Å²) < 4.78 is 23.0. The van der Waals surface area contributed by atoms with Crippen LogP contribution in [-0.2, 0) is 4.79 Å². The number of hydrogen-bond donors (Lipinski definition) is 2. The summed E-state index contributed by atoms with van der Waals surface area (Å²) in [6, 6.07) is 20.2. The number of benzene rings is 3. The number of carbonyl (C=O) groups excluding carboxylic acids is 1. The Kier molecular flexibility index (Phi) is 9.27. The minimum absolute atomic E-state index is 0.108. The second kappa shape index (κ2) is 13.2. The molecule has 1 amide bonds. The van der Waals surface area contributed by atoms with Gasteiger partial charge in [-0.3, -0.25) is 9.78 Å². The molecule has 200 valence electrons. The molecule has 39 heavy (non-hydrogen) atoms. The molecule has 0 saturated carbocycles. The molecule has 0 unspecified atom stereocenters. The Labute approximate surface area is 231 Å². The second-order valence-electron chi connectivity index (χ2n) is 8.33. The van der Waals surface area contributed by atoms with Crippen molar-refractivity contribution in [2.45, 2.75) is 12.8 Å². The van der Waals surface area contributed by atoms with Crippen molar-refractivity contribution in [2.24, 2.45) is 5.73 Å². The van der Waals surface area contributed by atoms with Gasteiger partial charge >= 0.3 is 0 Å². The van der Waals surface area contributed by atoms with Crippen LogP contribution < -0.4 is 30.0 Å². The Balaban J connectivity index is 1.56. The molecule has 0 bridgehead atoms. The van der Waals surface area contributed by atoms with Crippen molar-refractivity contribution in [3.63, 3.8) is 0 Å². The number of primary amides is 1. The summed E-state index contributed by atoms with van der Waals surface area (Å²) in [5, 5.41) is 13.8. The molecule has 0 atom stereocenters. The summed E-state index contributed by atoms with van der Waals surface area (Å²) in [6.07, 6.45) is 2.33. The fourth-order valence-electron chi connectivity index (χ4n) is 3.72. The Hall–Kier alpha value is -4.68. The fraction of sp³-hybridized carbons (Fsp3) is 0.207. The molecule has 9 nitrogen and oxygen atoms in total. The van der Waals surface area contributed by atoms with Crippen LogP contribution in [0.3, 0.4) is 0 Å². The molecular weight excluding hydrogens is 520 g/mol. The largest absolute Gasteiger partial charge is 0.493 e. The lowest BCUT2D eigenvalue weighted by atomic mass is 10.1. The van der Waals surface area contributed by atoms with E-state index in [-0.39, 0.29) is 13.0 Å². The second-order valence-corrected chi connectivity index (χ2v) is 8.71. The van der Waals surface area contributed by atoms with Crippen LogP contribution in [0.4, 0.5) is 11.4 Å². The Morgan fingerprint density at radius 1 is 1.03 bits per heavy atom. The Morgan fingerprint density at radius 3 is 2.46 bits per heavy atom. The molecule has 0 aliphatic carbocycles. The molecule has 0 aliphatic heterocycles. The van der Waals surface area contributed by atoms with Crippen molar-refractivity contribution in [3.05, 3.63) is 72.4 Å². The summed E-state index contributed by atoms with van der Waals surface area (Å²) in [5.41, 5.74) is 7.54. The van der Waals surface area contributed by atoms with Crippen molar-refractivity contribution in [3.8, 4) is 34.8 Å². The van der Waals surface area contributed by atoms with Crippen LogP contribution in [0, 0.1) is 11.3 Å². The van der Waals surface area contributed by atoms with E-state index in [0.717, 1.165) is 5.69 Å². The lowest BCUT2D eigenvalue weighted by Gasteiger charge is -2.16. The average molecular weight is 547 g/mol. The average Bonchev–Trinajstić information content (AvgIpc) is 2.94. The van der Waals surface area contributed by atoms with Crippen LogP contribution in [0.15, 0.2) is 66.9 Å². The quantitative estimate of drug-likeness (QED) is 0.156. The predicted octanol–water partition coefficient (Wildman–Crippen LogP) is 5.91. The maximum Gasteiger partial charge on any atom is 0.220 e. The van der Waals surface area contributed by atoms with Gasteiger partial charge < -0.3 is 30.0 Å². The normalized spacial score (nSPS) is 10.5. The highest BCUT2D eigenvalue weighted by Gasteiger charge is 2.15. The number of aromatic nitrogens is 1. The lowest BCUT2D eigenvalue weighted by molar-refractivity contribution is -0.118. The lowest BCUT2D eigenvalue weighted by Crippen LogP contribution is -2.14. The summed E-state index contributed by atoms with van der Waals surface area (Å²) in [5.74, 6) is 2.72. The number of nitriles is 1. The number of para-hydroxylation sites is 2. The molecule has 3 N–H and O–H groups in total. The van der Waals surface area contributed by atoms with E-state index in [4.69, 9.17) is 36.3 Å².